The van der Waals surface area contributed by atoms with Gasteiger partial charge in [-0.3, -0.25) is 9.88 Å². The van der Waals surface area contributed by atoms with Gasteiger partial charge in [-0.1, -0.05) is 47.5 Å². The van der Waals surface area contributed by atoms with E-state index in [0.29, 0.717) is 47.4 Å². The molecular weight excluding hydrogens is 755 g/mol. The van der Waals surface area contributed by atoms with Gasteiger partial charge in [-0.2, -0.15) is 8.78 Å². The molecule has 14 heteroatoms. The number of carbonyl (C=O) groups is 2. The number of ether oxygens (including phenoxy) is 4. The standard InChI is InChI=1S/C41H41Cl2F2N3O7/c42-33-19-46-20-34(43)32(33)18-36(26-11-12-35(55-41(44)45)37(17-26)52-23-24-9-10-24)54-39(50)28-6-1-7-29(15-28)47-38(27-5-2-8-30(49)16-27)40(51)53-31-14-25-4-3-13-48(21-25)22-31/h1-2,5-8,11-12,15-17,19-20,24-25,31,36,38,41,47,49H,3-4,9-10,13-14,18,21-23H2/t25?,31-,36+,38?/m1/s1. The van der Waals surface area contributed by atoms with Crippen molar-refractivity contribution in [2.24, 2.45) is 11.8 Å². The highest BCUT2D eigenvalue weighted by Gasteiger charge is 2.34. The number of nitrogens with zero attached hydrogens (tertiary/aromatic N) is 2. The summed E-state index contributed by atoms with van der Waals surface area (Å²) in [4.78, 5) is 34.1. The lowest BCUT2D eigenvalue weighted by atomic mass is 9.88. The van der Waals surface area contributed by atoms with Crippen LogP contribution in [0.15, 0.2) is 79.1 Å². The van der Waals surface area contributed by atoms with Crippen molar-refractivity contribution in [2.75, 3.05) is 31.6 Å². The van der Waals surface area contributed by atoms with Gasteiger partial charge in [0.05, 0.1) is 22.2 Å². The Labute approximate surface area is 327 Å². The summed E-state index contributed by atoms with van der Waals surface area (Å²) in [5.41, 5.74) is 1.95. The third-order valence-corrected chi connectivity index (χ3v) is 10.8. The fraction of sp³-hybridized carbons (Fsp3) is 0.390. The van der Waals surface area contributed by atoms with Crippen LogP contribution < -0.4 is 14.8 Å². The van der Waals surface area contributed by atoms with Crippen molar-refractivity contribution in [3.63, 3.8) is 0 Å². The van der Waals surface area contributed by atoms with Crippen molar-refractivity contribution in [1.29, 1.82) is 0 Å². The number of aromatic nitrogens is 1. The van der Waals surface area contributed by atoms with Gasteiger partial charge in [-0.05, 0) is 110 Å². The molecular formula is C41H41Cl2F2N3O7. The number of benzene rings is 3. The topological polar surface area (TPSA) is 119 Å². The SMILES string of the molecule is O=C(O[C@@H](Cc1c(Cl)cncc1Cl)c1ccc(OC(F)F)c(OCC2CC2)c1)c1cccc(NC(C(=O)O[C@@H]2CC3CCCN(C3)C2)c2cccc(O)c2)c1. The van der Waals surface area contributed by atoms with Crippen molar-refractivity contribution < 1.29 is 42.4 Å². The van der Waals surface area contributed by atoms with Gasteiger partial charge in [-0.15, -0.1) is 0 Å². The second kappa shape index (κ2) is 17.4. The minimum Gasteiger partial charge on any atom is -0.508 e. The molecule has 1 aromatic heterocycles. The number of phenols is 1. The molecule has 3 aromatic carbocycles. The van der Waals surface area contributed by atoms with E-state index in [0.717, 1.165) is 45.2 Å². The summed E-state index contributed by atoms with van der Waals surface area (Å²) < 4.78 is 49.4. The molecule has 0 radical (unpaired) electrons. The van der Waals surface area contributed by atoms with Gasteiger partial charge in [0.2, 0.25) is 0 Å². The van der Waals surface area contributed by atoms with E-state index in [1.807, 2.05) is 0 Å². The third-order valence-electron chi connectivity index (χ3n) is 10.1. The number of phenolic OH excluding ortho intramolecular Hbond substituents is 1. The lowest BCUT2D eigenvalue weighted by Gasteiger charge is -2.41. The fourth-order valence-electron chi connectivity index (χ4n) is 7.21. The molecule has 2 bridgehead atoms. The first-order chi connectivity index (χ1) is 26.6. The van der Waals surface area contributed by atoms with Crippen LogP contribution in [0, 0.1) is 11.8 Å². The number of piperidine rings is 2. The average molecular weight is 797 g/mol. The quantitative estimate of drug-likeness (QED) is 0.113. The molecule has 3 fully saturated rings. The molecule has 5 atom stereocenters. The van der Waals surface area contributed by atoms with Crippen LogP contribution in [0.1, 0.15) is 71.3 Å². The number of carbonyl (C=O) groups excluding carboxylic acids is 2. The fourth-order valence-corrected chi connectivity index (χ4v) is 7.73. The Kier molecular flexibility index (Phi) is 12.2. The number of nitrogens with one attached hydrogen (secondary N) is 1. The van der Waals surface area contributed by atoms with Gasteiger partial charge in [-0.25, -0.2) is 9.59 Å². The van der Waals surface area contributed by atoms with Crippen molar-refractivity contribution in [3.8, 4) is 17.2 Å². The van der Waals surface area contributed by atoms with E-state index in [4.69, 9.17) is 42.1 Å². The molecule has 55 heavy (non-hydrogen) atoms. The second-order valence-corrected chi connectivity index (χ2v) is 15.1. The Morgan fingerprint density at radius 1 is 0.945 bits per heavy atom. The number of hydrogen-bond acceptors (Lipinski definition) is 10. The number of alkyl halides is 2. The zero-order valence-electron chi connectivity index (χ0n) is 29.8. The summed E-state index contributed by atoms with van der Waals surface area (Å²) in [5.74, 6) is -0.490. The van der Waals surface area contributed by atoms with E-state index in [9.17, 15) is 23.5 Å². The Bertz CT molecular complexity index is 1970. The lowest BCUT2D eigenvalue weighted by Crippen LogP contribution is -2.48. The van der Waals surface area contributed by atoms with Crippen molar-refractivity contribution in [2.45, 2.75) is 63.4 Å². The van der Waals surface area contributed by atoms with Gasteiger partial charge in [0, 0.05) is 37.6 Å². The monoisotopic (exact) mass is 795 g/mol. The predicted molar refractivity (Wildman–Crippen MR) is 202 cm³/mol. The molecule has 10 nitrogen and oxygen atoms in total. The summed E-state index contributed by atoms with van der Waals surface area (Å²) in [6.07, 6.45) is 6.60. The minimum atomic E-state index is -3.07. The molecule has 7 rings (SSSR count). The minimum absolute atomic E-state index is 0.0110. The highest BCUT2D eigenvalue weighted by Crippen LogP contribution is 2.38. The first-order valence-corrected chi connectivity index (χ1v) is 19.1. The summed E-state index contributed by atoms with van der Waals surface area (Å²) in [7, 11) is 0. The predicted octanol–water partition coefficient (Wildman–Crippen LogP) is 8.81. The van der Waals surface area contributed by atoms with Crippen LogP contribution in [0.4, 0.5) is 14.5 Å². The summed E-state index contributed by atoms with van der Waals surface area (Å²) in [6.45, 7) is -0.0751. The van der Waals surface area contributed by atoms with E-state index >= 15 is 0 Å². The van der Waals surface area contributed by atoms with Crippen LogP contribution in [-0.2, 0) is 20.7 Å². The number of halogens is 4. The maximum atomic E-state index is 13.9. The van der Waals surface area contributed by atoms with Crippen LogP contribution >= 0.6 is 23.2 Å². The Hall–Kier alpha value is -4.65. The molecule has 2 aliphatic heterocycles. The zero-order chi connectivity index (χ0) is 38.5. The van der Waals surface area contributed by atoms with Gasteiger partial charge in [0.25, 0.3) is 0 Å². The molecule has 3 heterocycles. The third kappa shape index (κ3) is 10.2. The number of hydrogen-bond donors (Lipinski definition) is 2. The normalized spacial score (nSPS) is 20.3. The molecule has 290 valence electrons. The number of rotatable bonds is 15. The van der Waals surface area contributed by atoms with E-state index in [1.165, 1.54) is 42.7 Å². The summed E-state index contributed by atoms with van der Waals surface area (Å²) >= 11 is 13.0. The highest BCUT2D eigenvalue weighted by atomic mass is 35.5. The maximum absolute atomic E-state index is 13.9. The maximum Gasteiger partial charge on any atom is 0.387 e. The van der Waals surface area contributed by atoms with Crippen molar-refractivity contribution in [1.82, 2.24) is 9.88 Å². The summed E-state index contributed by atoms with van der Waals surface area (Å²) in [5, 5.41) is 14.0. The largest absolute Gasteiger partial charge is 0.508 e. The molecule has 1 saturated carbocycles. The van der Waals surface area contributed by atoms with Crippen LogP contribution in [-0.4, -0.2) is 65.9 Å². The van der Waals surface area contributed by atoms with E-state index in [1.54, 1.807) is 36.4 Å². The van der Waals surface area contributed by atoms with Crippen LogP contribution in [0.2, 0.25) is 10.0 Å². The Morgan fingerprint density at radius 3 is 2.49 bits per heavy atom. The van der Waals surface area contributed by atoms with Crippen LogP contribution in [0.25, 0.3) is 0 Å². The highest BCUT2D eigenvalue weighted by molar-refractivity contribution is 6.35. The molecule has 3 unspecified atom stereocenters. The number of aromatic hydroxyl groups is 1. The number of pyridine rings is 1. The number of anilines is 1. The van der Waals surface area contributed by atoms with Gasteiger partial charge < -0.3 is 29.4 Å². The van der Waals surface area contributed by atoms with Gasteiger partial charge in [0.15, 0.2) is 17.5 Å². The molecule has 0 amide bonds. The molecule has 2 N–H and O–H groups in total. The first kappa shape index (κ1) is 38.6. The Morgan fingerprint density at radius 2 is 1.75 bits per heavy atom. The first-order valence-electron chi connectivity index (χ1n) is 18.4. The zero-order valence-corrected chi connectivity index (χ0v) is 31.4. The lowest BCUT2D eigenvalue weighted by molar-refractivity contribution is -0.154. The van der Waals surface area contributed by atoms with Gasteiger partial charge in [0.1, 0.15) is 18.0 Å². The molecule has 3 aliphatic rings. The summed E-state index contributed by atoms with van der Waals surface area (Å²) in [6, 6.07) is 16.2. The molecule has 0 spiro atoms. The van der Waals surface area contributed by atoms with Crippen LogP contribution in [0.3, 0.4) is 0 Å². The van der Waals surface area contributed by atoms with E-state index in [2.05, 4.69) is 15.2 Å². The van der Waals surface area contributed by atoms with Crippen molar-refractivity contribution >= 4 is 40.8 Å². The Balaban J connectivity index is 1.14. The smallest absolute Gasteiger partial charge is 0.387 e. The molecule has 2 saturated heterocycles. The van der Waals surface area contributed by atoms with E-state index in [-0.39, 0.29) is 45.4 Å². The number of esters is 2. The van der Waals surface area contributed by atoms with E-state index < -0.39 is 30.7 Å². The second-order valence-electron chi connectivity index (χ2n) is 14.3. The van der Waals surface area contributed by atoms with Crippen molar-refractivity contribution in [3.05, 3.63) is 111 Å². The van der Waals surface area contributed by atoms with Crippen LogP contribution in [0.5, 0.6) is 17.2 Å². The molecule has 1 aliphatic carbocycles. The number of fused-ring (bicyclic) bond motifs is 2. The molecule has 4 aromatic rings. The average Bonchev–Trinajstić information content (AvgIpc) is 3.99. The van der Waals surface area contributed by atoms with Gasteiger partial charge >= 0.3 is 18.6 Å².